The molecule has 0 aliphatic heterocycles. The molecule has 0 aliphatic rings. The zero-order valence-corrected chi connectivity index (χ0v) is 26.0. The van der Waals surface area contributed by atoms with E-state index in [0.717, 1.165) is 49.8 Å². The van der Waals surface area contributed by atoms with Crippen molar-refractivity contribution in [2.24, 2.45) is 0 Å². The van der Waals surface area contributed by atoms with Gasteiger partial charge >= 0.3 is 0 Å². The summed E-state index contributed by atoms with van der Waals surface area (Å²) in [5.41, 5.74) is 10.7. The van der Waals surface area contributed by atoms with Gasteiger partial charge in [-0.15, -0.1) is 0 Å². The maximum atomic E-state index is 6.77. The van der Waals surface area contributed by atoms with Crippen molar-refractivity contribution < 1.29 is 8.83 Å². The van der Waals surface area contributed by atoms with Gasteiger partial charge in [-0.3, -0.25) is 0 Å². The first-order chi connectivity index (χ1) is 23.8. The van der Waals surface area contributed by atoms with E-state index in [-0.39, 0.29) is 0 Å². The van der Waals surface area contributed by atoms with Gasteiger partial charge in [0, 0.05) is 27.5 Å². The van der Waals surface area contributed by atoms with Crippen molar-refractivity contribution in [3.05, 3.63) is 170 Å². The van der Waals surface area contributed by atoms with E-state index in [1.165, 1.54) is 49.4 Å². The molecule has 0 fully saturated rings. The van der Waals surface area contributed by atoms with Gasteiger partial charge < -0.3 is 8.83 Å². The molecular weight excluding hydrogens is 585 g/mol. The van der Waals surface area contributed by atoms with E-state index in [1.807, 2.05) is 30.3 Å². The lowest BCUT2D eigenvalue weighted by Crippen LogP contribution is -1.91. The summed E-state index contributed by atoms with van der Waals surface area (Å²) in [6.07, 6.45) is 0. The number of hydrogen-bond acceptors (Lipinski definition) is 2. The fourth-order valence-corrected chi connectivity index (χ4v) is 7.51. The highest BCUT2D eigenvalue weighted by Gasteiger charge is 2.24. The Morgan fingerprint density at radius 1 is 0.333 bits per heavy atom. The molecule has 224 valence electrons. The van der Waals surface area contributed by atoms with E-state index >= 15 is 0 Å². The van der Waals surface area contributed by atoms with Crippen LogP contribution in [0.5, 0.6) is 0 Å². The van der Waals surface area contributed by atoms with Crippen LogP contribution < -0.4 is 0 Å². The minimum absolute atomic E-state index is 0.841. The molecule has 0 spiro atoms. The Morgan fingerprint density at radius 2 is 0.833 bits per heavy atom. The first kappa shape index (κ1) is 26.8. The Labute approximate surface area is 277 Å². The lowest BCUT2D eigenvalue weighted by Gasteiger charge is -2.18. The number of furan rings is 2. The summed E-state index contributed by atoms with van der Waals surface area (Å²) in [5, 5.41) is 7.90. The largest absolute Gasteiger partial charge is 0.455 e. The van der Waals surface area contributed by atoms with Gasteiger partial charge in [0.15, 0.2) is 0 Å². The third kappa shape index (κ3) is 4.06. The highest BCUT2D eigenvalue weighted by atomic mass is 16.3. The van der Waals surface area contributed by atoms with Crippen molar-refractivity contribution in [1.29, 1.82) is 0 Å². The second-order valence-corrected chi connectivity index (χ2v) is 12.4. The molecule has 0 aliphatic carbocycles. The molecule has 0 unspecified atom stereocenters. The summed E-state index contributed by atoms with van der Waals surface area (Å²) >= 11 is 0. The fraction of sp³-hybridized carbons (Fsp3) is 0. The number of rotatable bonds is 4. The zero-order valence-electron chi connectivity index (χ0n) is 26.0. The van der Waals surface area contributed by atoms with Gasteiger partial charge in [0.1, 0.15) is 22.5 Å². The smallest absolute Gasteiger partial charge is 0.147 e. The van der Waals surface area contributed by atoms with Crippen LogP contribution in [0.4, 0.5) is 0 Å². The Hall–Kier alpha value is -6.38. The third-order valence-electron chi connectivity index (χ3n) is 9.67. The molecule has 10 aromatic rings. The van der Waals surface area contributed by atoms with Gasteiger partial charge in [-0.25, -0.2) is 0 Å². The maximum Gasteiger partial charge on any atom is 0.147 e. The normalized spacial score (nSPS) is 11.8. The average Bonchev–Trinajstić information content (AvgIpc) is 3.76. The second kappa shape index (κ2) is 10.6. The van der Waals surface area contributed by atoms with Crippen molar-refractivity contribution >= 4 is 54.5 Å². The first-order valence-electron chi connectivity index (χ1n) is 16.3. The second-order valence-electron chi connectivity index (χ2n) is 12.4. The van der Waals surface area contributed by atoms with Crippen molar-refractivity contribution in [1.82, 2.24) is 0 Å². The Morgan fingerprint density at radius 3 is 1.48 bits per heavy atom. The van der Waals surface area contributed by atoms with Crippen LogP contribution in [0, 0.1) is 0 Å². The number of benzene rings is 8. The highest BCUT2D eigenvalue weighted by Crippen LogP contribution is 2.49. The third-order valence-corrected chi connectivity index (χ3v) is 9.67. The van der Waals surface area contributed by atoms with Crippen molar-refractivity contribution in [2.75, 3.05) is 0 Å². The van der Waals surface area contributed by atoms with E-state index in [4.69, 9.17) is 8.83 Å². The molecule has 8 aromatic carbocycles. The molecule has 0 bridgehead atoms. The van der Waals surface area contributed by atoms with E-state index in [0.29, 0.717) is 0 Å². The van der Waals surface area contributed by atoms with Crippen LogP contribution >= 0.6 is 0 Å². The van der Waals surface area contributed by atoms with Crippen LogP contribution in [0.2, 0.25) is 0 Å². The summed E-state index contributed by atoms with van der Waals surface area (Å²) in [6, 6.07) is 60.1. The molecule has 0 saturated heterocycles. The molecule has 10 rings (SSSR count). The van der Waals surface area contributed by atoms with Gasteiger partial charge in [-0.1, -0.05) is 152 Å². The summed E-state index contributed by atoms with van der Waals surface area (Å²) in [4.78, 5) is 0. The molecule has 0 N–H and O–H groups in total. The summed E-state index contributed by atoms with van der Waals surface area (Å²) in [5.74, 6) is 0.846. The number of fused-ring (bicyclic) bond motifs is 7. The Balaban J connectivity index is 1.29. The van der Waals surface area contributed by atoms with Crippen LogP contribution in [-0.2, 0) is 0 Å². The monoisotopic (exact) mass is 612 g/mol. The van der Waals surface area contributed by atoms with Crippen LogP contribution in [0.25, 0.3) is 99.2 Å². The Bertz CT molecular complexity index is 2750. The topological polar surface area (TPSA) is 26.3 Å². The summed E-state index contributed by atoms with van der Waals surface area (Å²) < 4.78 is 13.4. The van der Waals surface area contributed by atoms with Crippen LogP contribution in [-0.4, -0.2) is 0 Å². The molecule has 0 amide bonds. The minimum atomic E-state index is 0.841. The molecule has 0 radical (unpaired) electrons. The van der Waals surface area contributed by atoms with Gasteiger partial charge in [0.2, 0.25) is 0 Å². The summed E-state index contributed by atoms with van der Waals surface area (Å²) in [6.45, 7) is 0. The van der Waals surface area contributed by atoms with Crippen LogP contribution in [0.1, 0.15) is 0 Å². The highest BCUT2D eigenvalue weighted by molar-refractivity contribution is 6.27. The molecule has 0 saturated carbocycles. The first-order valence-corrected chi connectivity index (χ1v) is 16.3. The van der Waals surface area contributed by atoms with Crippen LogP contribution in [0.3, 0.4) is 0 Å². The standard InChI is InChI=1S/C46H28O2/c1-3-13-29(14-4-1)30-23-25-32(26-24-30)42-34-17-7-9-19-36(34)43(37-20-10-8-18-35(37)42)39-27-33-28-41(31-15-5-2-6-16-31)48-45(33)44-38-21-11-12-22-40(38)47-46(39)44/h1-28H. The van der Waals surface area contributed by atoms with Crippen LogP contribution in [0.15, 0.2) is 179 Å². The van der Waals surface area contributed by atoms with E-state index in [2.05, 4.69) is 140 Å². The SMILES string of the molecule is c1ccc(-c2ccc(-c3c4ccccc4c(-c4cc5cc(-c6ccccc6)oc5c5c4oc4ccccc45)c4ccccc34)cc2)cc1. The molecule has 2 heteroatoms. The van der Waals surface area contributed by atoms with E-state index < -0.39 is 0 Å². The number of para-hydroxylation sites is 1. The molecule has 0 atom stereocenters. The van der Waals surface area contributed by atoms with Crippen molar-refractivity contribution in [2.45, 2.75) is 0 Å². The quantitative estimate of drug-likeness (QED) is 0.185. The molecule has 48 heavy (non-hydrogen) atoms. The molecule has 2 aromatic heterocycles. The minimum Gasteiger partial charge on any atom is -0.455 e. The van der Waals surface area contributed by atoms with E-state index in [1.54, 1.807) is 0 Å². The fourth-order valence-electron chi connectivity index (χ4n) is 7.51. The Kier molecular flexibility index (Phi) is 5.91. The lowest BCUT2D eigenvalue weighted by atomic mass is 9.85. The molecule has 2 heterocycles. The zero-order chi connectivity index (χ0) is 31.6. The van der Waals surface area contributed by atoms with Gasteiger partial charge in [0.25, 0.3) is 0 Å². The van der Waals surface area contributed by atoms with Crippen molar-refractivity contribution in [3.8, 4) is 44.7 Å². The van der Waals surface area contributed by atoms with Crippen molar-refractivity contribution in [3.63, 3.8) is 0 Å². The number of hydrogen-bond donors (Lipinski definition) is 0. The van der Waals surface area contributed by atoms with E-state index in [9.17, 15) is 0 Å². The predicted octanol–water partition coefficient (Wildman–Crippen LogP) is 13.3. The van der Waals surface area contributed by atoms with Gasteiger partial charge in [0.05, 0.1) is 5.39 Å². The van der Waals surface area contributed by atoms with Gasteiger partial charge in [-0.05, 0) is 62.0 Å². The lowest BCUT2D eigenvalue weighted by molar-refractivity contribution is 0.633. The van der Waals surface area contributed by atoms with Gasteiger partial charge in [-0.2, -0.15) is 0 Å². The molecule has 2 nitrogen and oxygen atoms in total. The average molecular weight is 613 g/mol. The molecular formula is C46H28O2. The summed E-state index contributed by atoms with van der Waals surface area (Å²) in [7, 11) is 0. The maximum absolute atomic E-state index is 6.77. The predicted molar refractivity (Wildman–Crippen MR) is 200 cm³/mol.